The normalized spacial score (nSPS) is 11.9. The van der Waals surface area contributed by atoms with E-state index in [1.54, 1.807) is 0 Å². The van der Waals surface area contributed by atoms with E-state index in [4.69, 9.17) is 0 Å². The SMILES string of the molecule is c1ccc(-c2ccccc2-n2c3ccccc3c3c4c5ccccc5n(-c5cc6ccccc6c6ccccc56)c4ccc32)cc1. The van der Waals surface area contributed by atoms with Gasteiger partial charge in [-0.05, 0) is 58.1 Å². The quantitative estimate of drug-likeness (QED) is 0.183. The Morgan fingerprint density at radius 1 is 0.304 bits per heavy atom. The van der Waals surface area contributed by atoms with Crippen molar-refractivity contribution in [1.29, 1.82) is 0 Å². The fourth-order valence-corrected chi connectivity index (χ4v) is 7.79. The molecule has 2 heteroatoms. The highest BCUT2D eigenvalue weighted by Gasteiger charge is 2.22. The molecule has 0 amide bonds. The Bertz CT molecular complexity index is 2800. The van der Waals surface area contributed by atoms with Crippen LogP contribution < -0.4 is 0 Å². The van der Waals surface area contributed by atoms with Gasteiger partial charge < -0.3 is 9.13 Å². The lowest BCUT2D eigenvalue weighted by molar-refractivity contribution is 1.18. The van der Waals surface area contributed by atoms with Crippen molar-refractivity contribution < 1.29 is 0 Å². The number of hydrogen-bond donors (Lipinski definition) is 0. The third-order valence-corrected chi connectivity index (χ3v) is 9.69. The zero-order chi connectivity index (χ0) is 30.2. The molecule has 0 aliphatic carbocycles. The molecule has 0 unspecified atom stereocenters. The van der Waals surface area contributed by atoms with Gasteiger partial charge in [-0.3, -0.25) is 0 Å². The van der Waals surface area contributed by atoms with E-state index in [1.165, 1.54) is 87.7 Å². The van der Waals surface area contributed by atoms with Gasteiger partial charge in [0.25, 0.3) is 0 Å². The fourth-order valence-electron chi connectivity index (χ4n) is 7.79. The summed E-state index contributed by atoms with van der Waals surface area (Å²) in [6.45, 7) is 0. The van der Waals surface area contributed by atoms with Gasteiger partial charge in [0.15, 0.2) is 0 Å². The molecule has 0 aliphatic rings. The molecule has 0 N–H and O–H groups in total. The molecule has 0 spiro atoms. The number of benzene rings is 8. The minimum Gasteiger partial charge on any atom is -0.309 e. The van der Waals surface area contributed by atoms with Gasteiger partial charge in [-0.15, -0.1) is 0 Å². The lowest BCUT2D eigenvalue weighted by Gasteiger charge is -2.15. The van der Waals surface area contributed by atoms with Crippen LogP contribution in [0.25, 0.3) is 87.7 Å². The Morgan fingerprint density at radius 3 is 1.50 bits per heavy atom. The van der Waals surface area contributed by atoms with Crippen molar-refractivity contribution in [2.45, 2.75) is 0 Å². The first-order valence-corrected chi connectivity index (χ1v) is 15.9. The van der Waals surface area contributed by atoms with Crippen molar-refractivity contribution in [3.8, 4) is 22.5 Å². The molecule has 2 heterocycles. The molecule has 10 aromatic rings. The Morgan fingerprint density at radius 2 is 0.804 bits per heavy atom. The van der Waals surface area contributed by atoms with Crippen molar-refractivity contribution in [2.24, 2.45) is 0 Å². The van der Waals surface area contributed by atoms with Crippen LogP contribution in [0.4, 0.5) is 0 Å². The molecule has 2 nitrogen and oxygen atoms in total. The van der Waals surface area contributed by atoms with Gasteiger partial charge in [0.2, 0.25) is 0 Å². The van der Waals surface area contributed by atoms with Crippen LogP contribution in [0.5, 0.6) is 0 Å². The Labute approximate surface area is 266 Å². The molecule has 8 aromatic carbocycles. The first kappa shape index (κ1) is 25.2. The van der Waals surface area contributed by atoms with Gasteiger partial charge in [0.1, 0.15) is 0 Å². The second kappa shape index (κ2) is 9.69. The fraction of sp³-hybridized carbons (Fsp3) is 0. The highest BCUT2D eigenvalue weighted by molar-refractivity contribution is 6.29. The summed E-state index contributed by atoms with van der Waals surface area (Å²) in [5, 5.41) is 10.2. The molecule has 0 saturated heterocycles. The van der Waals surface area contributed by atoms with E-state index in [1.807, 2.05) is 0 Å². The zero-order valence-corrected chi connectivity index (χ0v) is 25.1. The molecule has 0 fully saturated rings. The van der Waals surface area contributed by atoms with Crippen LogP contribution in [0, 0.1) is 0 Å². The number of aromatic nitrogens is 2. The smallest absolute Gasteiger partial charge is 0.0549 e. The Kier molecular flexibility index (Phi) is 5.31. The molecule has 0 bridgehead atoms. The van der Waals surface area contributed by atoms with Crippen molar-refractivity contribution in [1.82, 2.24) is 9.13 Å². The molecule has 0 radical (unpaired) electrons. The largest absolute Gasteiger partial charge is 0.309 e. The van der Waals surface area contributed by atoms with Crippen molar-refractivity contribution >= 4 is 65.2 Å². The maximum Gasteiger partial charge on any atom is 0.0549 e. The molecule has 0 aliphatic heterocycles. The number of hydrogen-bond acceptors (Lipinski definition) is 0. The Balaban J connectivity index is 1.37. The minimum absolute atomic E-state index is 1.18. The van der Waals surface area contributed by atoms with Gasteiger partial charge in [-0.25, -0.2) is 0 Å². The maximum atomic E-state index is 2.49. The van der Waals surface area contributed by atoms with Crippen LogP contribution >= 0.6 is 0 Å². The summed E-state index contributed by atoms with van der Waals surface area (Å²) < 4.78 is 4.95. The average Bonchev–Trinajstić information content (AvgIpc) is 3.64. The van der Waals surface area contributed by atoms with Gasteiger partial charge in [0.05, 0.1) is 33.4 Å². The number of para-hydroxylation sites is 3. The summed E-state index contributed by atoms with van der Waals surface area (Å²) in [6, 6.07) is 61.9. The third-order valence-electron chi connectivity index (χ3n) is 9.69. The zero-order valence-electron chi connectivity index (χ0n) is 25.1. The van der Waals surface area contributed by atoms with Gasteiger partial charge in [-0.1, -0.05) is 133 Å². The van der Waals surface area contributed by atoms with Gasteiger partial charge in [-0.2, -0.15) is 0 Å². The monoisotopic (exact) mass is 584 g/mol. The lowest BCUT2D eigenvalue weighted by Crippen LogP contribution is -1.97. The van der Waals surface area contributed by atoms with E-state index in [9.17, 15) is 0 Å². The van der Waals surface area contributed by atoms with Gasteiger partial charge in [0, 0.05) is 32.5 Å². The highest BCUT2D eigenvalue weighted by atomic mass is 15.0. The lowest BCUT2D eigenvalue weighted by atomic mass is 10.00. The summed E-state index contributed by atoms with van der Waals surface area (Å²) >= 11 is 0. The van der Waals surface area contributed by atoms with Gasteiger partial charge >= 0.3 is 0 Å². The van der Waals surface area contributed by atoms with Crippen molar-refractivity contribution in [2.75, 3.05) is 0 Å². The van der Waals surface area contributed by atoms with E-state index < -0.39 is 0 Å². The standard InChI is InChI=1S/C44H28N2/c1-2-14-29(15-3-1)32-18-8-11-23-37(32)45-38-24-12-9-21-35(38)43-40(45)26-27-41-44(43)36-22-10-13-25-39(36)46(41)42-28-30-16-4-5-17-31(30)33-19-6-7-20-34(33)42/h1-28H. The van der Waals surface area contributed by atoms with Crippen molar-refractivity contribution in [3.05, 3.63) is 170 Å². The minimum atomic E-state index is 1.18. The summed E-state index contributed by atoms with van der Waals surface area (Å²) in [4.78, 5) is 0. The summed E-state index contributed by atoms with van der Waals surface area (Å²) in [5.74, 6) is 0. The van der Waals surface area contributed by atoms with E-state index >= 15 is 0 Å². The predicted octanol–water partition coefficient (Wildman–Crippen LogP) is 11.9. The molecule has 10 rings (SSSR count). The van der Waals surface area contributed by atoms with Crippen molar-refractivity contribution in [3.63, 3.8) is 0 Å². The summed E-state index contributed by atoms with van der Waals surface area (Å²) in [5.41, 5.74) is 9.67. The van der Waals surface area contributed by atoms with E-state index in [0.717, 1.165) is 0 Å². The molecular formula is C44H28N2. The first-order chi connectivity index (χ1) is 22.9. The maximum absolute atomic E-state index is 2.49. The van der Waals surface area contributed by atoms with E-state index in [0.29, 0.717) is 0 Å². The van der Waals surface area contributed by atoms with Crippen LogP contribution in [0.3, 0.4) is 0 Å². The van der Waals surface area contributed by atoms with Crippen LogP contribution in [0.2, 0.25) is 0 Å². The first-order valence-electron chi connectivity index (χ1n) is 15.9. The molecule has 214 valence electrons. The molecule has 0 atom stereocenters. The van der Waals surface area contributed by atoms with E-state index in [-0.39, 0.29) is 0 Å². The third kappa shape index (κ3) is 3.47. The second-order valence-corrected chi connectivity index (χ2v) is 12.1. The molecular weight excluding hydrogens is 556 g/mol. The van der Waals surface area contributed by atoms with E-state index in [2.05, 4.69) is 179 Å². The van der Waals surface area contributed by atoms with Crippen LogP contribution in [0.1, 0.15) is 0 Å². The average molecular weight is 585 g/mol. The predicted molar refractivity (Wildman–Crippen MR) is 196 cm³/mol. The summed E-state index contributed by atoms with van der Waals surface area (Å²) in [7, 11) is 0. The number of rotatable bonds is 3. The number of nitrogens with zero attached hydrogens (tertiary/aromatic N) is 2. The highest BCUT2D eigenvalue weighted by Crippen LogP contribution is 2.44. The summed E-state index contributed by atoms with van der Waals surface area (Å²) in [6.07, 6.45) is 0. The Hall–Kier alpha value is -6.12. The molecule has 0 saturated carbocycles. The van der Waals surface area contributed by atoms with Crippen LogP contribution in [-0.2, 0) is 0 Å². The van der Waals surface area contributed by atoms with Crippen LogP contribution in [-0.4, -0.2) is 9.13 Å². The number of fused-ring (bicyclic) bond motifs is 10. The topological polar surface area (TPSA) is 9.86 Å². The molecule has 46 heavy (non-hydrogen) atoms. The molecule has 2 aromatic heterocycles. The second-order valence-electron chi connectivity index (χ2n) is 12.1. The van der Waals surface area contributed by atoms with Crippen LogP contribution in [0.15, 0.2) is 170 Å².